The minimum absolute atomic E-state index is 0.565. The first kappa shape index (κ1) is 13.0. The number of hydrogen-bond acceptors (Lipinski definition) is 2. The molecule has 0 unspecified atom stereocenters. The van der Waals surface area contributed by atoms with Crippen LogP contribution in [0.25, 0.3) is 0 Å². The second-order valence-electron chi connectivity index (χ2n) is 4.22. The third-order valence-corrected chi connectivity index (χ3v) is 2.57. The molecular formula is C14H23NO. The van der Waals surface area contributed by atoms with Crippen LogP contribution in [0.4, 0.5) is 5.69 Å². The van der Waals surface area contributed by atoms with Crippen molar-refractivity contribution < 1.29 is 4.74 Å². The van der Waals surface area contributed by atoms with Gasteiger partial charge in [-0.2, -0.15) is 0 Å². The summed E-state index contributed by atoms with van der Waals surface area (Å²) in [6, 6.07) is 8.52. The van der Waals surface area contributed by atoms with Crippen LogP contribution in [0.5, 0.6) is 0 Å². The highest BCUT2D eigenvalue weighted by atomic mass is 16.5. The molecular weight excluding hydrogens is 198 g/mol. The first-order chi connectivity index (χ1) is 7.75. The van der Waals surface area contributed by atoms with E-state index < -0.39 is 0 Å². The average Bonchev–Trinajstić information content (AvgIpc) is 2.29. The maximum atomic E-state index is 5.31. The number of nitrogens with one attached hydrogen (secondary N) is 1. The van der Waals surface area contributed by atoms with E-state index in [1.165, 1.54) is 11.3 Å². The van der Waals surface area contributed by atoms with E-state index in [0.29, 0.717) is 5.92 Å². The summed E-state index contributed by atoms with van der Waals surface area (Å²) in [6.45, 7) is 9.10. The molecule has 1 aromatic carbocycles. The molecule has 1 aromatic rings. The summed E-state index contributed by atoms with van der Waals surface area (Å²) >= 11 is 0. The average molecular weight is 221 g/mol. The Morgan fingerprint density at radius 3 is 2.69 bits per heavy atom. The fraction of sp³-hybridized carbons (Fsp3) is 0.571. The van der Waals surface area contributed by atoms with Gasteiger partial charge >= 0.3 is 0 Å². The number of anilines is 1. The van der Waals surface area contributed by atoms with Gasteiger partial charge in [-0.3, -0.25) is 0 Å². The Labute approximate surface area is 99.0 Å². The molecule has 0 heterocycles. The number of rotatable bonds is 7. The van der Waals surface area contributed by atoms with Crippen LogP contribution in [-0.2, 0) is 4.74 Å². The van der Waals surface area contributed by atoms with Crippen LogP contribution < -0.4 is 5.32 Å². The zero-order valence-corrected chi connectivity index (χ0v) is 10.6. The normalized spacial score (nSPS) is 10.8. The van der Waals surface area contributed by atoms with Gasteiger partial charge in [0.05, 0.1) is 0 Å². The van der Waals surface area contributed by atoms with E-state index in [1.54, 1.807) is 0 Å². The summed E-state index contributed by atoms with van der Waals surface area (Å²) in [5.74, 6) is 0.565. The van der Waals surface area contributed by atoms with Crippen LogP contribution in [0.15, 0.2) is 24.3 Å². The van der Waals surface area contributed by atoms with Crippen LogP contribution in [-0.4, -0.2) is 19.8 Å². The van der Waals surface area contributed by atoms with Gasteiger partial charge in [-0.25, -0.2) is 0 Å². The fourth-order valence-corrected chi connectivity index (χ4v) is 1.70. The van der Waals surface area contributed by atoms with Gasteiger partial charge < -0.3 is 10.1 Å². The molecule has 1 N–H and O–H groups in total. The van der Waals surface area contributed by atoms with E-state index in [1.807, 2.05) is 6.92 Å². The predicted molar refractivity (Wildman–Crippen MR) is 70.1 cm³/mol. The van der Waals surface area contributed by atoms with E-state index >= 15 is 0 Å². The second kappa shape index (κ2) is 7.29. The standard InChI is InChI=1S/C14H23NO/c1-4-16-11-7-10-15-14-9-6-5-8-13(14)12(2)3/h5-6,8-9,12,15H,4,7,10-11H2,1-3H3. The SMILES string of the molecule is CCOCCCNc1ccccc1C(C)C. The Hall–Kier alpha value is -1.02. The van der Waals surface area contributed by atoms with Gasteiger partial charge in [0.2, 0.25) is 0 Å². The lowest BCUT2D eigenvalue weighted by molar-refractivity contribution is 0.147. The van der Waals surface area contributed by atoms with Crippen molar-refractivity contribution in [2.75, 3.05) is 25.1 Å². The number of hydrogen-bond donors (Lipinski definition) is 1. The largest absolute Gasteiger partial charge is 0.385 e. The molecule has 0 saturated carbocycles. The van der Waals surface area contributed by atoms with E-state index in [2.05, 4.69) is 43.4 Å². The van der Waals surface area contributed by atoms with Gasteiger partial charge in [0.15, 0.2) is 0 Å². The van der Waals surface area contributed by atoms with Crippen molar-refractivity contribution in [2.45, 2.75) is 33.1 Å². The van der Waals surface area contributed by atoms with Crippen molar-refractivity contribution in [1.29, 1.82) is 0 Å². The third-order valence-electron chi connectivity index (χ3n) is 2.57. The summed E-state index contributed by atoms with van der Waals surface area (Å²) in [5, 5.41) is 3.47. The second-order valence-corrected chi connectivity index (χ2v) is 4.22. The lowest BCUT2D eigenvalue weighted by atomic mass is 10.0. The van der Waals surface area contributed by atoms with Gasteiger partial charge in [-0.05, 0) is 30.9 Å². The van der Waals surface area contributed by atoms with Crippen molar-refractivity contribution in [2.24, 2.45) is 0 Å². The quantitative estimate of drug-likeness (QED) is 0.710. The van der Waals surface area contributed by atoms with Crippen LogP contribution in [0.3, 0.4) is 0 Å². The molecule has 0 aliphatic heterocycles. The molecule has 0 aliphatic rings. The van der Waals surface area contributed by atoms with Gasteiger partial charge in [0, 0.05) is 25.4 Å². The summed E-state index contributed by atoms with van der Waals surface area (Å²) in [6.07, 6.45) is 1.06. The van der Waals surface area contributed by atoms with Gasteiger partial charge in [0.1, 0.15) is 0 Å². The maximum absolute atomic E-state index is 5.31. The summed E-state index contributed by atoms with van der Waals surface area (Å²) < 4.78 is 5.31. The van der Waals surface area contributed by atoms with Crippen LogP contribution in [0.1, 0.15) is 38.7 Å². The smallest absolute Gasteiger partial charge is 0.0482 e. The Morgan fingerprint density at radius 2 is 2.00 bits per heavy atom. The summed E-state index contributed by atoms with van der Waals surface area (Å²) in [4.78, 5) is 0. The van der Waals surface area contributed by atoms with E-state index in [-0.39, 0.29) is 0 Å². The van der Waals surface area contributed by atoms with Crippen LogP contribution in [0.2, 0.25) is 0 Å². The molecule has 2 nitrogen and oxygen atoms in total. The molecule has 0 fully saturated rings. The number of ether oxygens (including phenoxy) is 1. The number of para-hydroxylation sites is 1. The molecule has 0 atom stereocenters. The predicted octanol–water partition coefficient (Wildman–Crippen LogP) is 3.65. The van der Waals surface area contributed by atoms with E-state index in [9.17, 15) is 0 Å². The molecule has 0 amide bonds. The molecule has 0 aliphatic carbocycles. The van der Waals surface area contributed by atoms with Crippen molar-refractivity contribution in [3.05, 3.63) is 29.8 Å². The molecule has 2 heteroatoms. The highest BCUT2D eigenvalue weighted by Crippen LogP contribution is 2.23. The summed E-state index contributed by atoms with van der Waals surface area (Å²) in [5.41, 5.74) is 2.65. The Morgan fingerprint density at radius 1 is 1.25 bits per heavy atom. The Balaban J connectivity index is 2.41. The highest BCUT2D eigenvalue weighted by molar-refractivity contribution is 5.52. The van der Waals surface area contributed by atoms with Crippen LogP contribution >= 0.6 is 0 Å². The van der Waals surface area contributed by atoms with Gasteiger partial charge in [-0.1, -0.05) is 32.0 Å². The van der Waals surface area contributed by atoms with Gasteiger partial charge in [0.25, 0.3) is 0 Å². The van der Waals surface area contributed by atoms with Crippen molar-refractivity contribution >= 4 is 5.69 Å². The first-order valence-electron chi connectivity index (χ1n) is 6.16. The van der Waals surface area contributed by atoms with Crippen LogP contribution in [0, 0.1) is 0 Å². The summed E-state index contributed by atoms with van der Waals surface area (Å²) in [7, 11) is 0. The molecule has 0 radical (unpaired) electrons. The Kier molecular flexibility index (Phi) is 5.94. The monoisotopic (exact) mass is 221 g/mol. The lowest BCUT2D eigenvalue weighted by Crippen LogP contribution is -2.07. The van der Waals surface area contributed by atoms with E-state index in [0.717, 1.165) is 26.2 Å². The van der Waals surface area contributed by atoms with E-state index in [4.69, 9.17) is 4.74 Å². The topological polar surface area (TPSA) is 21.3 Å². The lowest BCUT2D eigenvalue weighted by Gasteiger charge is -2.14. The van der Waals surface area contributed by atoms with Crippen molar-refractivity contribution in [3.8, 4) is 0 Å². The maximum Gasteiger partial charge on any atom is 0.0482 e. The molecule has 0 spiro atoms. The fourth-order valence-electron chi connectivity index (χ4n) is 1.70. The Bertz CT molecular complexity index is 297. The van der Waals surface area contributed by atoms with Crippen molar-refractivity contribution in [1.82, 2.24) is 0 Å². The highest BCUT2D eigenvalue weighted by Gasteiger charge is 2.04. The number of benzene rings is 1. The first-order valence-corrected chi connectivity index (χ1v) is 6.16. The van der Waals surface area contributed by atoms with Gasteiger partial charge in [-0.15, -0.1) is 0 Å². The van der Waals surface area contributed by atoms with Crippen molar-refractivity contribution in [3.63, 3.8) is 0 Å². The minimum atomic E-state index is 0.565. The molecule has 0 bridgehead atoms. The minimum Gasteiger partial charge on any atom is -0.385 e. The zero-order chi connectivity index (χ0) is 11.8. The zero-order valence-electron chi connectivity index (χ0n) is 10.6. The third kappa shape index (κ3) is 4.23. The molecule has 0 aromatic heterocycles. The molecule has 0 saturated heterocycles. The molecule has 16 heavy (non-hydrogen) atoms. The molecule has 1 rings (SSSR count). The molecule has 90 valence electrons.